The number of nitrogens with zero attached hydrogens (tertiary/aromatic N) is 2. The Morgan fingerprint density at radius 1 is 1.31 bits per heavy atom. The van der Waals surface area contributed by atoms with E-state index in [4.69, 9.17) is 0 Å². The van der Waals surface area contributed by atoms with E-state index >= 15 is 0 Å². The van der Waals surface area contributed by atoms with Gasteiger partial charge in [-0.25, -0.2) is 13.2 Å². The standard InChI is InChI=1S/C25H26F3N5O3/c26-18-4-1-5-19-16(18)8-20(32-19)24(36)33-12-14-9-25(27,28)10-17(14)21(33)23(35)31-15(11-29)7-13-3-2-6-30-22(13)34/h1,4-5,8,13-15,17,21,32H,2-3,6-7,9-10,12H2,(H,30,34)(H,31,35)/t13-,14-,15-,17-,21+/m0/s1. The third-order valence-electron chi connectivity index (χ3n) is 7.64. The van der Waals surface area contributed by atoms with Gasteiger partial charge in [-0.15, -0.1) is 0 Å². The molecule has 3 fully saturated rings. The maximum atomic E-state index is 14.2. The van der Waals surface area contributed by atoms with E-state index in [2.05, 4.69) is 15.6 Å². The summed E-state index contributed by atoms with van der Waals surface area (Å²) in [6.45, 7) is 0.518. The Bertz CT molecular complexity index is 1260. The van der Waals surface area contributed by atoms with Gasteiger partial charge >= 0.3 is 0 Å². The van der Waals surface area contributed by atoms with E-state index in [1.54, 1.807) is 6.07 Å². The van der Waals surface area contributed by atoms with Crippen LogP contribution in [0.1, 0.15) is 42.6 Å². The van der Waals surface area contributed by atoms with Gasteiger partial charge in [0.15, 0.2) is 0 Å². The van der Waals surface area contributed by atoms with Gasteiger partial charge in [0, 0.05) is 42.8 Å². The van der Waals surface area contributed by atoms with Crippen LogP contribution >= 0.6 is 0 Å². The third-order valence-corrected chi connectivity index (χ3v) is 7.64. The van der Waals surface area contributed by atoms with Crippen molar-refractivity contribution in [1.29, 1.82) is 5.26 Å². The van der Waals surface area contributed by atoms with E-state index in [1.165, 1.54) is 23.1 Å². The van der Waals surface area contributed by atoms with Crippen LogP contribution in [0.3, 0.4) is 0 Å². The Balaban J connectivity index is 1.39. The molecule has 3 amide bonds. The highest BCUT2D eigenvalue weighted by molar-refractivity contribution is 6.01. The number of carbonyl (C=O) groups is 3. The predicted molar refractivity (Wildman–Crippen MR) is 122 cm³/mol. The first-order valence-corrected chi connectivity index (χ1v) is 12.1. The highest BCUT2D eigenvalue weighted by Crippen LogP contribution is 2.50. The number of likely N-dealkylation sites (tertiary alicyclic amines) is 1. The van der Waals surface area contributed by atoms with Crippen LogP contribution in [0.4, 0.5) is 13.2 Å². The van der Waals surface area contributed by atoms with Crippen molar-refractivity contribution >= 4 is 28.6 Å². The summed E-state index contributed by atoms with van der Waals surface area (Å²) >= 11 is 0. The maximum absolute atomic E-state index is 14.2. The van der Waals surface area contributed by atoms with Crippen LogP contribution < -0.4 is 10.6 Å². The van der Waals surface area contributed by atoms with Crippen LogP contribution in [0.2, 0.25) is 0 Å². The molecular formula is C25H26F3N5O3. The Labute approximate surface area is 205 Å². The summed E-state index contributed by atoms with van der Waals surface area (Å²) in [7, 11) is 0. The van der Waals surface area contributed by atoms with Crippen LogP contribution in [0.25, 0.3) is 10.9 Å². The Morgan fingerprint density at radius 3 is 2.83 bits per heavy atom. The molecule has 1 aromatic heterocycles. The molecule has 0 bridgehead atoms. The average molecular weight is 502 g/mol. The van der Waals surface area contributed by atoms with Gasteiger partial charge in [0.05, 0.1) is 6.07 Å². The SMILES string of the molecule is N#C[C@H](C[C@@H]1CCCNC1=O)NC(=O)[C@H]1[C@H]2CC(F)(F)C[C@H]2CN1C(=O)c1cc2c(F)cccc2[nH]1. The lowest BCUT2D eigenvalue weighted by Gasteiger charge is -2.29. The Morgan fingerprint density at radius 2 is 2.11 bits per heavy atom. The number of aromatic nitrogens is 1. The molecule has 1 aromatic carbocycles. The van der Waals surface area contributed by atoms with Gasteiger partial charge in [-0.1, -0.05) is 6.07 Å². The average Bonchev–Trinajstić information content (AvgIpc) is 3.49. The molecule has 11 heteroatoms. The van der Waals surface area contributed by atoms with Crippen molar-refractivity contribution in [2.24, 2.45) is 17.8 Å². The number of rotatable bonds is 5. The van der Waals surface area contributed by atoms with E-state index in [0.29, 0.717) is 18.5 Å². The molecule has 1 aliphatic carbocycles. The van der Waals surface area contributed by atoms with Crippen molar-refractivity contribution in [3.8, 4) is 6.07 Å². The number of hydrogen-bond donors (Lipinski definition) is 3. The molecule has 36 heavy (non-hydrogen) atoms. The van der Waals surface area contributed by atoms with Gasteiger partial charge in [0.1, 0.15) is 23.6 Å². The number of halogens is 3. The molecule has 3 aliphatic rings. The summed E-state index contributed by atoms with van der Waals surface area (Å²) in [5, 5.41) is 15.2. The van der Waals surface area contributed by atoms with E-state index in [1.807, 2.05) is 6.07 Å². The van der Waals surface area contributed by atoms with E-state index in [-0.39, 0.29) is 30.0 Å². The Hall–Kier alpha value is -3.55. The van der Waals surface area contributed by atoms with Crippen molar-refractivity contribution < 1.29 is 27.6 Å². The van der Waals surface area contributed by atoms with E-state index in [9.17, 15) is 32.8 Å². The first-order valence-electron chi connectivity index (χ1n) is 12.1. The summed E-state index contributed by atoms with van der Waals surface area (Å²) in [5.74, 6) is -6.72. The number of aromatic amines is 1. The molecular weight excluding hydrogens is 475 g/mol. The quantitative estimate of drug-likeness (QED) is 0.584. The van der Waals surface area contributed by atoms with Crippen LogP contribution in [0.15, 0.2) is 24.3 Å². The van der Waals surface area contributed by atoms with Crippen molar-refractivity contribution in [3.05, 3.63) is 35.8 Å². The smallest absolute Gasteiger partial charge is 0.271 e. The molecule has 8 nitrogen and oxygen atoms in total. The fourth-order valence-electron chi connectivity index (χ4n) is 5.98. The number of fused-ring (bicyclic) bond motifs is 2. The highest BCUT2D eigenvalue weighted by atomic mass is 19.3. The van der Waals surface area contributed by atoms with E-state index < -0.39 is 66.2 Å². The van der Waals surface area contributed by atoms with Crippen LogP contribution in [-0.2, 0) is 9.59 Å². The van der Waals surface area contributed by atoms with Gasteiger partial charge in [-0.2, -0.15) is 5.26 Å². The van der Waals surface area contributed by atoms with Crippen LogP contribution in [-0.4, -0.2) is 58.7 Å². The van der Waals surface area contributed by atoms with Crippen molar-refractivity contribution in [3.63, 3.8) is 0 Å². The van der Waals surface area contributed by atoms with Gasteiger partial charge in [-0.3, -0.25) is 14.4 Å². The lowest BCUT2D eigenvalue weighted by atomic mass is 9.90. The number of nitrogens with one attached hydrogen (secondary N) is 3. The molecule has 5 rings (SSSR count). The number of carbonyl (C=O) groups excluding carboxylic acids is 3. The second kappa shape index (κ2) is 9.15. The number of piperidine rings is 1. The number of alkyl halides is 2. The first-order chi connectivity index (χ1) is 17.2. The number of benzene rings is 1. The Kier molecular flexibility index (Phi) is 6.14. The minimum Gasteiger partial charge on any atom is -0.356 e. The summed E-state index contributed by atoms with van der Waals surface area (Å²) in [6, 6.07) is 5.49. The van der Waals surface area contributed by atoms with Crippen molar-refractivity contribution in [2.75, 3.05) is 13.1 Å². The summed E-state index contributed by atoms with van der Waals surface area (Å²) < 4.78 is 42.6. The lowest BCUT2D eigenvalue weighted by Crippen LogP contribution is -2.52. The molecule has 3 N–H and O–H groups in total. The number of amides is 3. The molecule has 2 aromatic rings. The third kappa shape index (κ3) is 4.40. The summed E-state index contributed by atoms with van der Waals surface area (Å²) in [5.41, 5.74) is 0.455. The summed E-state index contributed by atoms with van der Waals surface area (Å²) in [6.07, 6.45) is 0.471. The molecule has 1 saturated carbocycles. The second-order valence-electron chi connectivity index (χ2n) is 10.0. The van der Waals surface area contributed by atoms with Crippen LogP contribution in [0.5, 0.6) is 0 Å². The summed E-state index contributed by atoms with van der Waals surface area (Å²) in [4.78, 5) is 43.0. The minimum atomic E-state index is -2.94. The topological polar surface area (TPSA) is 118 Å². The zero-order valence-corrected chi connectivity index (χ0v) is 19.4. The number of H-pyrrole nitrogens is 1. The van der Waals surface area contributed by atoms with Gasteiger partial charge in [0.2, 0.25) is 17.7 Å². The molecule has 3 heterocycles. The fourth-order valence-corrected chi connectivity index (χ4v) is 5.98. The van der Waals surface area contributed by atoms with Crippen molar-refractivity contribution in [1.82, 2.24) is 20.5 Å². The molecule has 0 unspecified atom stereocenters. The largest absolute Gasteiger partial charge is 0.356 e. The highest BCUT2D eigenvalue weighted by Gasteiger charge is 2.58. The van der Waals surface area contributed by atoms with Gasteiger partial charge < -0.3 is 20.5 Å². The lowest BCUT2D eigenvalue weighted by molar-refractivity contribution is -0.129. The molecule has 5 atom stereocenters. The second-order valence-corrected chi connectivity index (χ2v) is 10.0. The number of nitriles is 1. The van der Waals surface area contributed by atoms with Gasteiger partial charge in [0.25, 0.3) is 5.91 Å². The zero-order chi connectivity index (χ0) is 25.6. The molecule has 190 valence electrons. The normalized spacial score (nSPS) is 27.8. The zero-order valence-electron chi connectivity index (χ0n) is 19.4. The van der Waals surface area contributed by atoms with Crippen LogP contribution in [0, 0.1) is 34.9 Å². The van der Waals surface area contributed by atoms with E-state index in [0.717, 1.165) is 6.42 Å². The van der Waals surface area contributed by atoms with Crippen molar-refractivity contribution in [2.45, 2.75) is 50.1 Å². The maximum Gasteiger partial charge on any atom is 0.271 e. The first kappa shape index (κ1) is 24.2. The molecule has 2 saturated heterocycles. The monoisotopic (exact) mass is 501 g/mol. The van der Waals surface area contributed by atoms with Gasteiger partial charge in [-0.05, 0) is 49.3 Å². The molecule has 0 spiro atoms. The molecule has 0 radical (unpaired) electrons. The number of hydrogen-bond acceptors (Lipinski definition) is 4. The fraction of sp³-hybridized carbons (Fsp3) is 0.520. The molecule has 2 aliphatic heterocycles. The minimum absolute atomic E-state index is 0.0444. The predicted octanol–water partition coefficient (Wildman–Crippen LogP) is 2.72.